The molecule has 0 bridgehead atoms. The summed E-state index contributed by atoms with van der Waals surface area (Å²) in [6, 6.07) is 41.1. The fourth-order valence-corrected chi connectivity index (χ4v) is 8.14. The first kappa shape index (κ1) is 36.7. The predicted octanol–water partition coefficient (Wildman–Crippen LogP) is 9.80. The van der Waals surface area contributed by atoms with Crippen LogP contribution in [0.4, 0.5) is 5.69 Å². The molecule has 0 radical (unpaired) electrons. The third-order valence-electron chi connectivity index (χ3n) is 8.43. The van der Waals surface area contributed by atoms with Crippen molar-refractivity contribution in [1.82, 2.24) is 5.32 Å². The molecule has 0 aliphatic rings. The van der Waals surface area contributed by atoms with Crippen molar-refractivity contribution >= 4 is 62.4 Å². The van der Waals surface area contributed by atoms with Gasteiger partial charge in [-0.1, -0.05) is 144 Å². The van der Waals surface area contributed by atoms with Crippen LogP contribution in [0.5, 0.6) is 0 Å². The van der Waals surface area contributed by atoms with Crippen molar-refractivity contribution in [2.75, 3.05) is 4.31 Å². The lowest BCUT2D eigenvalue weighted by atomic mass is 10.0. The van der Waals surface area contributed by atoms with E-state index in [1.165, 1.54) is 36.4 Å². The van der Waals surface area contributed by atoms with Gasteiger partial charge in [0.15, 0.2) is 0 Å². The summed E-state index contributed by atoms with van der Waals surface area (Å²) in [5.41, 5.74) is 5.00. The number of carbonyl (C=O) groups is 2. The summed E-state index contributed by atoms with van der Waals surface area (Å²) in [7, 11) is -4.45. The maximum Gasteiger partial charge on any atom is 0.326 e. The maximum atomic E-state index is 14.5. The van der Waals surface area contributed by atoms with Crippen molar-refractivity contribution in [2.45, 2.75) is 23.9 Å². The number of carboxylic acid groups (broad SMARTS) is 1. The number of aliphatic carboxylic acids is 1. The van der Waals surface area contributed by atoms with Gasteiger partial charge in [0.05, 0.1) is 22.8 Å². The van der Waals surface area contributed by atoms with Gasteiger partial charge in [-0.15, -0.1) is 0 Å². The minimum Gasteiger partial charge on any atom is -0.480 e. The zero-order chi connectivity index (χ0) is 36.8. The van der Waals surface area contributed by atoms with Crippen molar-refractivity contribution in [3.8, 4) is 22.3 Å². The number of halogens is 3. The van der Waals surface area contributed by atoms with Gasteiger partial charge < -0.3 is 10.4 Å². The van der Waals surface area contributed by atoms with Gasteiger partial charge in [0.25, 0.3) is 15.9 Å². The normalized spacial score (nSPS) is 11.8. The quantitative estimate of drug-likeness (QED) is 0.129. The van der Waals surface area contributed by atoms with Gasteiger partial charge >= 0.3 is 5.97 Å². The first-order chi connectivity index (χ1) is 25.0. The molecule has 1 atom stereocenters. The lowest BCUT2D eigenvalue weighted by Crippen LogP contribution is -2.43. The Bertz CT molecular complexity index is 2320. The smallest absolute Gasteiger partial charge is 0.326 e. The van der Waals surface area contributed by atoms with Gasteiger partial charge in [-0.2, -0.15) is 0 Å². The Kier molecular flexibility index (Phi) is 11.3. The second-order valence-electron chi connectivity index (χ2n) is 11.9. The van der Waals surface area contributed by atoms with Crippen LogP contribution >= 0.6 is 34.8 Å². The van der Waals surface area contributed by atoms with Crippen LogP contribution in [0.15, 0.2) is 150 Å². The monoisotopic (exact) mass is 768 g/mol. The molecule has 7 nitrogen and oxygen atoms in total. The number of nitrogens with zero attached hydrogens (tertiary/aromatic N) is 1. The highest BCUT2D eigenvalue weighted by Gasteiger charge is 2.32. The van der Waals surface area contributed by atoms with E-state index in [0.29, 0.717) is 11.1 Å². The molecule has 0 fully saturated rings. The van der Waals surface area contributed by atoms with E-state index in [4.69, 9.17) is 34.8 Å². The largest absolute Gasteiger partial charge is 0.480 e. The Morgan fingerprint density at radius 1 is 0.635 bits per heavy atom. The summed E-state index contributed by atoms with van der Waals surface area (Å²) >= 11 is 18.9. The van der Waals surface area contributed by atoms with E-state index >= 15 is 0 Å². The number of sulfonamides is 1. The predicted molar refractivity (Wildman–Crippen MR) is 208 cm³/mol. The first-order valence-electron chi connectivity index (χ1n) is 16.1. The second kappa shape index (κ2) is 16.0. The van der Waals surface area contributed by atoms with Gasteiger partial charge in [0.2, 0.25) is 0 Å². The molecule has 0 saturated heterocycles. The van der Waals surface area contributed by atoms with E-state index in [-0.39, 0.29) is 44.2 Å². The van der Waals surface area contributed by atoms with E-state index in [9.17, 15) is 23.1 Å². The molecule has 0 aromatic heterocycles. The topological polar surface area (TPSA) is 104 Å². The van der Waals surface area contributed by atoms with Crippen LogP contribution in [0.2, 0.25) is 15.1 Å². The third-order valence-corrected chi connectivity index (χ3v) is 11.1. The Morgan fingerprint density at radius 3 is 1.67 bits per heavy atom. The fraction of sp³-hybridized carbons (Fsp3) is 0.0732. The van der Waals surface area contributed by atoms with E-state index in [2.05, 4.69) is 5.32 Å². The van der Waals surface area contributed by atoms with E-state index < -0.39 is 27.9 Å². The molecule has 6 aromatic carbocycles. The number of hydrogen-bond acceptors (Lipinski definition) is 4. The van der Waals surface area contributed by atoms with Crippen LogP contribution in [-0.2, 0) is 27.8 Å². The molecule has 0 saturated carbocycles. The second-order valence-corrected chi connectivity index (χ2v) is 15.1. The molecule has 6 rings (SSSR count). The molecule has 0 aliphatic carbocycles. The highest BCUT2D eigenvalue weighted by Crippen LogP contribution is 2.35. The number of anilines is 1. The van der Waals surface area contributed by atoms with Crippen LogP contribution in [0, 0.1) is 0 Å². The van der Waals surface area contributed by atoms with Gasteiger partial charge in [-0.05, 0) is 69.8 Å². The minimum atomic E-state index is -4.45. The number of hydrogen-bond donors (Lipinski definition) is 2. The number of carbonyl (C=O) groups excluding carboxylic acids is 1. The number of carboxylic acids is 1. The summed E-state index contributed by atoms with van der Waals surface area (Å²) in [4.78, 5) is 26.2. The lowest BCUT2D eigenvalue weighted by Gasteiger charge is -2.28. The van der Waals surface area contributed by atoms with Crippen LogP contribution in [0.3, 0.4) is 0 Å². The first-order valence-corrected chi connectivity index (χ1v) is 18.7. The van der Waals surface area contributed by atoms with Crippen LogP contribution in [0.25, 0.3) is 22.3 Å². The number of rotatable bonds is 12. The minimum absolute atomic E-state index is 0.0256. The molecule has 262 valence electrons. The zero-order valence-electron chi connectivity index (χ0n) is 27.4. The van der Waals surface area contributed by atoms with Crippen molar-refractivity contribution in [3.63, 3.8) is 0 Å². The Hall–Kier alpha value is -5.12. The molecule has 0 heterocycles. The Morgan fingerprint density at radius 2 is 1.13 bits per heavy atom. The zero-order valence-corrected chi connectivity index (χ0v) is 30.5. The third kappa shape index (κ3) is 8.49. The molecule has 0 spiro atoms. The van der Waals surface area contributed by atoms with Crippen LogP contribution in [-0.4, -0.2) is 31.4 Å². The van der Waals surface area contributed by atoms with Crippen molar-refractivity contribution in [2.24, 2.45) is 0 Å². The molecule has 2 N–H and O–H groups in total. The molecule has 6 aromatic rings. The highest BCUT2D eigenvalue weighted by molar-refractivity contribution is 7.93. The lowest BCUT2D eigenvalue weighted by molar-refractivity contribution is -0.139. The number of benzene rings is 6. The number of nitrogens with one attached hydrogen (secondary N) is 1. The Balaban J connectivity index is 1.34. The summed E-state index contributed by atoms with van der Waals surface area (Å²) < 4.78 is 30.0. The van der Waals surface area contributed by atoms with Gasteiger partial charge in [0, 0.05) is 16.5 Å². The molecule has 11 heteroatoms. The van der Waals surface area contributed by atoms with Gasteiger partial charge in [0.1, 0.15) is 10.9 Å². The maximum absolute atomic E-state index is 14.5. The fourth-order valence-electron chi connectivity index (χ4n) is 5.75. The SMILES string of the molecule is O=C(N[C@@H](Cc1ccc(-c2ccccc2)cc1)C(=O)O)c1cc(Cl)ccc1N(Cc1ccc(-c2ccccc2)cc1)S(=O)(=O)c1ccc(Cl)cc1Cl. The van der Waals surface area contributed by atoms with Gasteiger partial charge in [-0.25, -0.2) is 13.2 Å². The van der Waals surface area contributed by atoms with E-state index in [1.807, 2.05) is 97.1 Å². The molecule has 0 unspecified atom stereocenters. The van der Waals surface area contributed by atoms with Crippen LogP contribution in [0.1, 0.15) is 21.5 Å². The van der Waals surface area contributed by atoms with Crippen molar-refractivity contribution < 1.29 is 23.1 Å². The van der Waals surface area contributed by atoms with Crippen LogP contribution < -0.4 is 9.62 Å². The van der Waals surface area contributed by atoms with E-state index in [0.717, 1.165) is 26.6 Å². The average Bonchev–Trinajstić information content (AvgIpc) is 3.14. The number of amides is 1. The van der Waals surface area contributed by atoms with E-state index in [1.54, 1.807) is 12.1 Å². The van der Waals surface area contributed by atoms with Crippen molar-refractivity contribution in [3.05, 3.63) is 177 Å². The molecule has 1 amide bonds. The Labute approximate surface area is 317 Å². The summed E-state index contributed by atoms with van der Waals surface area (Å²) in [6.45, 7) is -0.200. The highest BCUT2D eigenvalue weighted by atomic mass is 35.5. The summed E-state index contributed by atoms with van der Waals surface area (Å²) in [6.07, 6.45) is -0.0256. The average molecular weight is 770 g/mol. The standard InChI is InChI=1S/C41H31Cl3N2O5S/c42-33-19-21-38(35(24-33)40(47)45-37(41(48)49)23-27-11-15-31(16-12-27)29-7-3-1-4-8-29)46(52(50,51)39-22-20-34(43)25-36(39)44)26-28-13-17-32(18-14-28)30-9-5-2-6-10-30/h1-22,24-25,37H,23,26H2,(H,45,47)(H,48,49)/t37-/m0/s1. The van der Waals surface area contributed by atoms with Crippen molar-refractivity contribution in [1.29, 1.82) is 0 Å². The molecule has 0 aliphatic heterocycles. The summed E-state index contributed by atoms with van der Waals surface area (Å²) in [5.74, 6) is -2.09. The summed E-state index contributed by atoms with van der Waals surface area (Å²) in [5, 5.41) is 13.0. The van der Waals surface area contributed by atoms with Gasteiger partial charge in [-0.3, -0.25) is 9.10 Å². The molecular formula is C41H31Cl3N2O5S. The molecular weight excluding hydrogens is 739 g/mol. The molecule has 52 heavy (non-hydrogen) atoms.